The van der Waals surface area contributed by atoms with Crippen LogP contribution in [0.25, 0.3) is 11.1 Å². The molecule has 0 saturated heterocycles. The van der Waals surface area contributed by atoms with Crippen molar-refractivity contribution in [1.29, 1.82) is 0 Å². The predicted molar refractivity (Wildman–Crippen MR) is 81.5 cm³/mol. The van der Waals surface area contributed by atoms with Crippen molar-refractivity contribution < 1.29 is 18.7 Å². The molecule has 0 radical (unpaired) electrons. The summed E-state index contributed by atoms with van der Waals surface area (Å²) in [6.45, 7) is 0. The number of benzene rings is 2. The molecule has 0 aliphatic rings. The second-order valence-corrected chi connectivity index (χ2v) is 4.56. The summed E-state index contributed by atoms with van der Waals surface area (Å²) >= 11 is 0. The predicted octanol–water partition coefficient (Wildman–Crippen LogP) is 3.10. The number of amides is 1. The number of hydrogen-bond acceptors (Lipinski definition) is 5. The normalized spacial score (nSPS) is 10.5. The fraction of sp³-hybridized carbons (Fsp3) is 0.125. The first-order valence-corrected chi connectivity index (χ1v) is 6.58. The van der Waals surface area contributed by atoms with E-state index in [0.717, 1.165) is 0 Å². The quantitative estimate of drug-likeness (QED) is 0.801. The molecule has 1 N–H and O–H groups in total. The lowest BCUT2D eigenvalue weighted by Crippen LogP contribution is -2.12. The molecule has 2 aromatic carbocycles. The van der Waals surface area contributed by atoms with Crippen LogP contribution in [-0.2, 0) is 0 Å². The molecule has 3 aromatic rings. The zero-order chi connectivity index (χ0) is 15.5. The summed E-state index contributed by atoms with van der Waals surface area (Å²) in [6.07, 6.45) is 1.37. The monoisotopic (exact) mass is 298 g/mol. The molecule has 0 saturated carbocycles. The van der Waals surface area contributed by atoms with Crippen molar-refractivity contribution in [2.45, 2.75) is 0 Å². The molecule has 0 aliphatic carbocycles. The van der Waals surface area contributed by atoms with E-state index < -0.39 is 0 Å². The fourth-order valence-electron chi connectivity index (χ4n) is 2.12. The first-order valence-electron chi connectivity index (χ1n) is 6.58. The van der Waals surface area contributed by atoms with E-state index in [9.17, 15) is 4.79 Å². The summed E-state index contributed by atoms with van der Waals surface area (Å²) in [5.74, 6) is 0.828. The Kier molecular flexibility index (Phi) is 3.65. The number of hydrogen-bond donors (Lipinski definition) is 1. The lowest BCUT2D eigenvalue weighted by Gasteiger charge is -2.10. The lowest BCUT2D eigenvalue weighted by molar-refractivity contribution is 0.102. The zero-order valence-electron chi connectivity index (χ0n) is 12.1. The Morgan fingerprint density at radius 3 is 2.68 bits per heavy atom. The van der Waals surface area contributed by atoms with Crippen LogP contribution >= 0.6 is 0 Å². The number of nitrogens with zero attached hydrogens (tertiary/aromatic N) is 1. The van der Waals surface area contributed by atoms with Gasteiger partial charge in [0, 0.05) is 11.3 Å². The molecule has 6 heteroatoms. The number of methoxy groups -OCH3 is 2. The van der Waals surface area contributed by atoms with E-state index in [2.05, 4.69) is 10.3 Å². The summed E-state index contributed by atoms with van der Waals surface area (Å²) in [5.41, 5.74) is 2.47. The minimum absolute atomic E-state index is 0.246. The number of ether oxygens (including phenoxy) is 2. The number of anilines is 1. The van der Waals surface area contributed by atoms with Crippen molar-refractivity contribution in [3.63, 3.8) is 0 Å². The van der Waals surface area contributed by atoms with Gasteiger partial charge in [0.2, 0.25) is 0 Å². The van der Waals surface area contributed by atoms with Crippen LogP contribution in [0, 0.1) is 0 Å². The van der Waals surface area contributed by atoms with Gasteiger partial charge in [-0.05, 0) is 36.4 Å². The Bertz CT molecular complexity index is 826. The molecular formula is C16H14N2O4. The van der Waals surface area contributed by atoms with Crippen molar-refractivity contribution in [2.24, 2.45) is 0 Å². The van der Waals surface area contributed by atoms with Crippen LogP contribution in [0.15, 0.2) is 47.2 Å². The SMILES string of the molecule is COc1ccc(C(=O)Nc2ccc3ocnc3c2)cc1OC. The number of rotatable bonds is 4. The van der Waals surface area contributed by atoms with Gasteiger partial charge in [0.1, 0.15) is 5.52 Å². The maximum atomic E-state index is 12.3. The Morgan fingerprint density at radius 2 is 1.91 bits per heavy atom. The molecule has 0 spiro atoms. The highest BCUT2D eigenvalue weighted by molar-refractivity contribution is 6.05. The van der Waals surface area contributed by atoms with Gasteiger partial charge in [-0.2, -0.15) is 0 Å². The first-order chi connectivity index (χ1) is 10.7. The Balaban J connectivity index is 1.84. The van der Waals surface area contributed by atoms with Gasteiger partial charge in [0.25, 0.3) is 5.91 Å². The van der Waals surface area contributed by atoms with E-state index in [1.807, 2.05) is 0 Å². The fourth-order valence-corrected chi connectivity index (χ4v) is 2.12. The Labute approximate surface area is 126 Å². The van der Waals surface area contributed by atoms with Crippen molar-refractivity contribution >= 4 is 22.7 Å². The standard InChI is InChI=1S/C16H14N2O4/c1-20-14-5-3-10(7-15(14)21-2)16(19)18-11-4-6-13-12(8-11)17-9-22-13/h3-9H,1-2H3,(H,18,19). The molecule has 0 fully saturated rings. The Hall–Kier alpha value is -3.02. The van der Waals surface area contributed by atoms with Crippen LogP contribution in [-0.4, -0.2) is 25.1 Å². The molecule has 1 amide bonds. The second-order valence-electron chi connectivity index (χ2n) is 4.56. The van der Waals surface area contributed by atoms with E-state index in [1.54, 1.807) is 43.5 Å². The van der Waals surface area contributed by atoms with E-state index >= 15 is 0 Å². The molecule has 0 atom stereocenters. The smallest absolute Gasteiger partial charge is 0.255 e. The molecule has 1 aromatic heterocycles. The molecule has 0 unspecified atom stereocenters. The summed E-state index contributed by atoms with van der Waals surface area (Å²) in [5, 5.41) is 2.81. The third-order valence-electron chi connectivity index (χ3n) is 3.23. The van der Waals surface area contributed by atoms with E-state index in [-0.39, 0.29) is 5.91 Å². The largest absolute Gasteiger partial charge is 0.493 e. The van der Waals surface area contributed by atoms with Crippen molar-refractivity contribution in [1.82, 2.24) is 4.98 Å². The highest BCUT2D eigenvalue weighted by Gasteiger charge is 2.11. The zero-order valence-corrected chi connectivity index (χ0v) is 12.1. The number of aromatic nitrogens is 1. The average Bonchev–Trinajstić information content (AvgIpc) is 3.01. The summed E-state index contributed by atoms with van der Waals surface area (Å²) in [6, 6.07) is 10.2. The van der Waals surface area contributed by atoms with Gasteiger partial charge in [-0.15, -0.1) is 0 Å². The second kappa shape index (κ2) is 5.77. The van der Waals surface area contributed by atoms with Gasteiger partial charge in [-0.1, -0.05) is 0 Å². The molecule has 112 valence electrons. The van der Waals surface area contributed by atoms with Crippen LogP contribution in [0.1, 0.15) is 10.4 Å². The average molecular weight is 298 g/mol. The number of fused-ring (bicyclic) bond motifs is 1. The molecule has 3 rings (SSSR count). The van der Waals surface area contributed by atoms with E-state index in [1.165, 1.54) is 13.5 Å². The lowest BCUT2D eigenvalue weighted by atomic mass is 10.2. The highest BCUT2D eigenvalue weighted by atomic mass is 16.5. The van der Waals surface area contributed by atoms with Crippen LogP contribution in [0.3, 0.4) is 0 Å². The Morgan fingerprint density at radius 1 is 1.09 bits per heavy atom. The van der Waals surface area contributed by atoms with Gasteiger partial charge in [0.15, 0.2) is 23.5 Å². The van der Waals surface area contributed by atoms with Gasteiger partial charge < -0.3 is 19.2 Å². The molecule has 0 aliphatic heterocycles. The maximum Gasteiger partial charge on any atom is 0.255 e. The summed E-state index contributed by atoms with van der Waals surface area (Å²) < 4.78 is 15.5. The third-order valence-corrected chi connectivity index (χ3v) is 3.23. The minimum atomic E-state index is -0.246. The molecule has 1 heterocycles. The van der Waals surface area contributed by atoms with Crippen molar-refractivity contribution in [2.75, 3.05) is 19.5 Å². The van der Waals surface area contributed by atoms with Gasteiger partial charge in [-0.3, -0.25) is 4.79 Å². The van der Waals surface area contributed by atoms with Gasteiger partial charge >= 0.3 is 0 Å². The summed E-state index contributed by atoms with van der Waals surface area (Å²) in [4.78, 5) is 16.4. The first kappa shape index (κ1) is 13.9. The number of oxazole rings is 1. The maximum absolute atomic E-state index is 12.3. The van der Waals surface area contributed by atoms with Crippen LogP contribution in [0.2, 0.25) is 0 Å². The van der Waals surface area contributed by atoms with E-state index in [0.29, 0.717) is 33.8 Å². The van der Waals surface area contributed by atoms with Gasteiger partial charge in [-0.25, -0.2) is 4.98 Å². The molecule has 6 nitrogen and oxygen atoms in total. The number of carbonyl (C=O) groups is 1. The molecular weight excluding hydrogens is 284 g/mol. The van der Waals surface area contributed by atoms with Crippen LogP contribution < -0.4 is 14.8 Å². The minimum Gasteiger partial charge on any atom is -0.493 e. The summed E-state index contributed by atoms with van der Waals surface area (Å²) in [7, 11) is 3.07. The van der Waals surface area contributed by atoms with Crippen molar-refractivity contribution in [3.05, 3.63) is 48.4 Å². The number of nitrogens with one attached hydrogen (secondary N) is 1. The van der Waals surface area contributed by atoms with Crippen molar-refractivity contribution in [3.8, 4) is 11.5 Å². The van der Waals surface area contributed by atoms with Gasteiger partial charge in [0.05, 0.1) is 14.2 Å². The topological polar surface area (TPSA) is 73.6 Å². The van der Waals surface area contributed by atoms with E-state index in [4.69, 9.17) is 13.9 Å². The number of carbonyl (C=O) groups excluding carboxylic acids is 1. The third kappa shape index (κ3) is 2.58. The molecule has 0 bridgehead atoms. The molecule has 22 heavy (non-hydrogen) atoms. The highest BCUT2D eigenvalue weighted by Crippen LogP contribution is 2.28. The van der Waals surface area contributed by atoms with Crippen LogP contribution in [0.4, 0.5) is 5.69 Å². The van der Waals surface area contributed by atoms with Crippen LogP contribution in [0.5, 0.6) is 11.5 Å².